The van der Waals surface area contributed by atoms with Crippen LogP contribution in [0, 0.1) is 17.0 Å². The molecule has 0 heterocycles. The average molecular weight is 276 g/mol. The maximum atomic E-state index is 12.3. The van der Waals surface area contributed by atoms with Crippen LogP contribution in [0.3, 0.4) is 0 Å². The first-order chi connectivity index (χ1) is 8.93. The molecule has 2 rings (SSSR count). The van der Waals surface area contributed by atoms with Gasteiger partial charge in [0.25, 0.3) is 5.69 Å². The molecule has 0 fully saturated rings. The van der Waals surface area contributed by atoms with E-state index in [-0.39, 0.29) is 9.79 Å². The van der Waals surface area contributed by atoms with Crippen LogP contribution in [-0.2, 0) is 9.84 Å². The van der Waals surface area contributed by atoms with Crippen molar-refractivity contribution in [1.82, 2.24) is 0 Å². The number of sulfone groups is 1. The highest BCUT2D eigenvalue weighted by Gasteiger charge is 2.26. The monoisotopic (exact) mass is 276 g/mol. The van der Waals surface area contributed by atoms with Crippen LogP contribution in [0.2, 0.25) is 0 Å². The van der Waals surface area contributed by atoms with E-state index in [0.717, 1.165) is 0 Å². The van der Waals surface area contributed by atoms with Crippen molar-refractivity contribution >= 4 is 15.5 Å². The standard InChI is InChI=1S/C13H10NO4S/c1-10-6-8-11(9-7-10)19(17,18)13-5-3-2-4-12(13)14(15)16/h2-9H,1H2. The highest BCUT2D eigenvalue weighted by Crippen LogP contribution is 2.28. The zero-order valence-electron chi connectivity index (χ0n) is 9.81. The van der Waals surface area contributed by atoms with E-state index in [0.29, 0.717) is 5.56 Å². The summed E-state index contributed by atoms with van der Waals surface area (Å²) in [6.07, 6.45) is 0. The second-order valence-electron chi connectivity index (χ2n) is 3.87. The Bertz CT molecular complexity index is 721. The molecule has 0 atom stereocenters. The van der Waals surface area contributed by atoms with Gasteiger partial charge in [-0.3, -0.25) is 10.1 Å². The molecule has 0 saturated carbocycles. The molecule has 2 aromatic rings. The van der Waals surface area contributed by atoms with Gasteiger partial charge in [0, 0.05) is 6.07 Å². The number of nitro groups is 1. The van der Waals surface area contributed by atoms with Crippen molar-refractivity contribution in [2.24, 2.45) is 0 Å². The van der Waals surface area contributed by atoms with Crippen molar-refractivity contribution in [3.8, 4) is 0 Å². The van der Waals surface area contributed by atoms with Crippen molar-refractivity contribution in [2.45, 2.75) is 9.79 Å². The van der Waals surface area contributed by atoms with Gasteiger partial charge < -0.3 is 0 Å². The maximum Gasteiger partial charge on any atom is 0.288 e. The Morgan fingerprint density at radius 3 is 2.16 bits per heavy atom. The molecule has 0 N–H and O–H groups in total. The number of hydrogen-bond donors (Lipinski definition) is 0. The van der Waals surface area contributed by atoms with Crippen molar-refractivity contribution in [1.29, 1.82) is 0 Å². The Kier molecular flexibility index (Phi) is 3.35. The predicted octanol–water partition coefficient (Wildman–Crippen LogP) is 2.61. The van der Waals surface area contributed by atoms with E-state index in [1.807, 2.05) is 0 Å². The number of rotatable bonds is 3. The fourth-order valence-corrected chi connectivity index (χ4v) is 3.05. The van der Waals surface area contributed by atoms with Crippen LogP contribution in [0.25, 0.3) is 0 Å². The molecule has 5 nitrogen and oxygen atoms in total. The summed E-state index contributed by atoms with van der Waals surface area (Å²) in [5.74, 6) is 0. The van der Waals surface area contributed by atoms with Gasteiger partial charge in [0.2, 0.25) is 9.84 Å². The summed E-state index contributed by atoms with van der Waals surface area (Å²) in [6.45, 7) is 3.66. The van der Waals surface area contributed by atoms with Crippen LogP contribution in [0.4, 0.5) is 5.69 Å². The van der Waals surface area contributed by atoms with E-state index in [4.69, 9.17) is 0 Å². The Hall–Kier alpha value is -2.21. The Morgan fingerprint density at radius 1 is 1.00 bits per heavy atom. The quantitative estimate of drug-likeness (QED) is 0.637. The third-order valence-corrected chi connectivity index (χ3v) is 4.40. The molecule has 19 heavy (non-hydrogen) atoms. The Morgan fingerprint density at radius 2 is 1.58 bits per heavy atom. The smallest absolute Gasteiger partial charge is 0.258 e. The number of nitro benzene ring substituents is 1. The van der Waals surface area contributed by atoms with Gasteiger partial charge in [-0.2, -0.15) is 0 Å². The van der Waals surface area contributed by atoms with Gasteiger partial charge >= 0.3 is 0 Å². The van der Waals surface area contributed by atoms with Crippen LogP contribution in [0.1, 0.15) is 5.56 Å². The summed E-state index contributed by atoms with van der Waals surface area (Å²) in [7, 11) is -3.90. The van der Waals surface area contributed by atoms with Crippen molar-refractivity contribution < 1.29 is 13.3 Å². The van der Waals surface area contributed by atoms with Crippen molar-refractivity contribution in [3.63, 3.8) is 0 Å². The lowest BCUT2D eigenvalue weighted by molar-refractivity contribution is -0.387. The summed E-state index contributed by atoms with van der Waals surface area (Å²) in [5, 5.41) is 10.9. The highest BCUT2D eigenvalue weighted by atomic mass is 32.2. The molecular formula is C13H10NO4S. The molecule has 0 spiro atoms. The SMILES string of the molecule is [CH2]c1ccc(S(=O)(=O)c2ccccc2[N+](=O)[O-])cc1. The molecule has 6 heteroatoms. The van der Waals surface area contributed by atoms with E-state index in [9.17, 15) is 18.5 Å². The topological polar surface area (TPSA) is 77.3 Å². The third kappa shape index (κ3) is 2.48. The zero-order chi connectivity index (χ0) is 14.0. The number of benzene rings is 2. The van der Waals surface area contributed by atoms with Crippen LogP contribution in [-0.4, -0.2) is 13.3 Å². The fraction of sp³-hybridized carbons (Fsp3) is 0. The first kappa shape index (κ1) is 13.2. The summed E-state index contributed by atoms with van der Waals surface area (Å²) in [6, 6.07) is 11.1. The molecule has 0 bridgehead atoms. The number of nitrogens with zero attached hydrogens (tertiary/aromatic N) is 1. The average Bonchev–Trinajstić information content (AvgIpc) is 2.39. The number of para-hydroxylation sites is 1. The van der Waals surface area contributed by atoms with Crippen LogP contribution < -0.4 is 0 Å². The largest absolute Gasteiger partial charge is 0.288 e. The molecule has 0 unspecified atom stereocenters. The Balaban J connectivity index is 2.63. The lowest BCUT2D eigenvalue weighted by atomic mass is 10.2. The maximum absolute atomic E-state index is 12.3. The second-order valence-corrected chi connectivity index (χ2v) is 5.79. The van der Waals surface area contributed by atoms with Gasteiger partial charge in [0.15, 0.2) is 0 Å². The van der Waals surface area contributed by atoms with E-state index < -0.39 is 20.4 Å². The van der Waals surface area contributed by atoms with E-state index in [1.165, 1.54) is 36.4 Å². The minimum absolute atomic E-state index is 0.00852. The van der Waals surface area contributed by atoms with Gasteiger partial charge in [-0.25, -0.2) is 8.42 Å². The molecule has 0 saturated heterocycles. The molecular weight excluding hydrogens is 266 g/mol. The van der Waals surface area contributed by atoms with E-state index in [2.05, 4.69) is 6.92 Å². The van der Waals surface area contributed by atoms with Gasteiger partial charge in [-0.1, -0.05) is 24.3 Å². The molecule has 0 amide bonds. The summed E-state index contributed by atoms with van der Waals surface area (Å²) >= 11 is 0. The molecule has 0 aliphatic heterocycles. The van der Waals surface area contributed by atoms with Gasteiger partial charge in [-0.15, -0.1) is 0 Å². The predicted molar refractivity (Wildman–Crippen MR) is 69.4 cm³/mol. The molecule has 97 valence electrons. The van der Waals surface area contributed by atoms with Gasteiger partial charge in [0.05, 0.1) is 9.82 Å². The lowest BCUT2D eigenvalue weighted by Crippen LogP contribution is -2.05. The normalized spacial score (nSPS) is 11.2. The molecule has 2 aromatic carbocycles. The highest BCUT2D eigenvalue weighted by molar-refractivity contribution is 7.91. The molecule has 0 aliphatic carbocycles. The molecule has 1 radical (unpaired) electrons. The lowest BCUT2D eigenvalue weighted by Gasteiger charge is -2.05. The summed E-state index contributed by atoms with van der Waals surface area (Å²) in [5.41, 5.74) is 0.239. The second kappa shape index (κ2) is 4.81. The van der Waals surface area contributed by atoms with E-state index in [1.54, 1.807) is 12.1 Å². The zero-order valence-corrected chi connectivity index (χ0v) is 10.6. The Labute approximate surface area is 110 Å². The van der Waals surface area contributed by atoms with Crippen molar-refractivity contribution in [3.05, 3.63) is 71.1 Å². The van der Waals surface area contributed by atoms with Crippen LogP contribution >= 0.6 is 0 Å². The van der Waals surface area contributed by atoms with Crippen molar-refractivity contribution in [2.75, 3.05) is 0 Å². The van der Waals surface area contributed by atoms with E-state index >= 15 is 0 Å². The minimum atomic E-state index is -3.90. The summed E-state index contributed by atoms with van der Waals surface area (Å²) < 4.78 is 24.7. The van der Waals surface area contributed by atoms with Crippen LogP contribution in [0.15, 0.2) is 58.3 Å². The van der Waals surface area contributed by atoms with Gasteiger partial charge in [-0.05, 0) is 30.7 Å². The first-order valence-corrected chi connectivity index (χ1v) is 6.82. The molecule has 0 aliphatic rings. The van der Waals surface area contributed by atoms with Gasteiger partial charge in [0.1, 0.15) is 4.90 Å². The molecule has 0 aromatic heterocycles. The fourth-order valence-electron chi connectivity index (χ4n) is 1.63. The summed E-state index contributed by atoms with van der Waals surface area (Å²) in [4.78, 5) is 9.88. The minimum Gasteiger partial charge on any atom is -0.258 e. The van der Waals surface area contributed by atoms with Crippen LogP contribution in [0.5, 0.6) is 0 Å². The first-order valence-electron chi connectivity index (χ1n) is 5.33. The third-order valence-electron chi connectivity index (χ3n) is 2.59. The number of hydrogen-bond acceptors (Lipinski definition) is 4.